The summed E-state index contributed by atoms with van der Waals surface area (Å²) in [4.78, 5) is 30.9. The predicted molar refractivity (Wildman–Crippen MR) is 134 cm³/mol. The summed E-state index contributed by atoms with van der Waals surface area (Å²) in [6, 6.07) is 15.9. The highest BCUT2D eigenvalue weighted by Gasteiger charge is 2.32. The van der Waals surface area contributed by atoms with Crippen molar-refractivity contribution in [1.29, 1.82) is 0 Å². The summed E-state index contributed by atoms with van der Waals surface area (Å²) < 4.78 is 11.4. The van der Waals surface area contributed by atoms with Crippen molar-refractivity contribution in [3.8, 4) is 17.1 Å². The molecule has 1 saturated heterocycles. The molecule has 0 bridgehead atoms. The Kier molecular flexibility index (Phi) is 6.88. The van der Waals surface area contributed by atoms with Crippen LogP contribution in [0, 0.1) is 6.92 Å². The SMILES string of the molecule is CCOc1ccc(N=C2S/C(=C\c3ccc(-c4ccc(C(=O)O)cc4C)o3)C(=O)N2CC)cc1. The molecule has 0 atom stereocenters. The molecular weight excluding hydrogens is 452 g/mol. The van der Waals surface area contributed by atoms with Gasteiger partial charge in [-0.2, -0.15) is 0 Å². The van der Waals surface area contributed by atoms with Gasteiger partial charge in [-0.1, -0.05) is 6.07 Å². The van der Waals surface area contributed by atoms with Crippen LogP contribution in [0.2, 0.25) is 0 Å². The van der Waals surface area contributed by atoms with Gasteiger partial charge in [0, 0.05) is 18.2 Å². The van der Waals surface area contributed by atoms with Gasteiger partial charge < -0.3 is 14.3 Å². The Morgan fingerprint density at radius 3 is 2.56 bits per heavy atom. The van der Waals surface area contributed by atoms with Crippen LogP contribution in [-0.2, 0) is 4.79 Å². The minimum absolute atomic E-state index is 0.128. The van der Waals surface area contributed by atoms with Crippen LogP contribution in [0.5, 0.6) is 5.75 Å². The van der Waals surface area contributed by atoms with Crippen molar-refractivity contribution in [2.75, 3.05) is 13.2 Å². The first kappa shape index (κ1) is 23.4. The van der Waals surface area contributed by atoms with E-state index in [4.69, 9.17) is 14.3 Å². The van der Waals surface area contributed by atoms with E-state index in [9.17, 15) is 9.59 Å². The smallest absolute Gasteiger partial charge is 0.335 e. The average molecular weight is 477 g/mol. The van der Waals surface area contributed by atoms with Gasteiger partial charge in [-0.25, -0.2) is 9.79 Å². The fraction of sp³-hybridized carbons (Fsp3) is 0.192. The van der Waals surface area contributed by atoms with E-state index in [0.717, 1.165) is 22.6 Å². The number of rotatable bonds is 7. The van der Waals surface area contributed by atoms with Crippen molar-refractivity contribution in [3.05, 3.63) is 76.4 Å². The number of nitrogens with zero attached hydrogens (tertiary/aromatic N) is 2. The second kappa shape index (κ2) is 10.0. The topological polar surface area (TPSA) is 92.3 Å². The molecule has 1 aliphatic rings. The van der Waals surface area contributed by atoms with Gasteiger partial charge >= 0.3 is 5.97 Å². The third-order valence-electron chi connectivity index (χ3n) is 5.22. The van der Waals surface area contributed by atoms with Gasteiger partial charge in [-0.05, 0) is 86.6 Å². The van der Waals surface area contributed by atoms with Gasteiger partial charge in [-0.3, -0.25) is 9.69 Å². The van der Waals surface area contributed by atoms with Crippen LogP contribution in [0.25, 0.3) is 17.4 Å². The minimum Gasteiger partial charge on any atom is -0.494 e. The third kappa shape index (κ3) is 4.92. The summed E-state index contributed by atoms with van der Waals surface area (Å²) in [6.07, 6.45) is 1.71. The van der Waals surface area contributed by atoms with Gasteiger partial charge in [0.2, 0.25) is 0 Å². The van der Waals surface area contributed by atoms with Crippen molar-refractivity contribution in [3.63, 3.8) is 0 Å². The van der Waals surface area contributed by atoms with Gasteiger partial charge in [0.15, 0.2) is 5.17 Å². The molecule has 2 aromatic carbocycles. The number of amides is 1. The molecule has 1 aromatic heterocycles. The van der Waals surface area contributed by atoms with Crippen LogP contribution in [0.1, 0.15) is 35.5 Å². The van der Waals surface area contributed by atoms with Gasteiger partial charge in [0.1, 0.15) is 17.3 Å². The Bertz CT molecular complexity index is 1290. The summed E-state index contributed by atoms with van der Waals surface area (Å²) >= 11 is 1.30. The summed E-state index contributed by atoms with van der Waals surface area (Å²) in [7, 11) is 0. The molecule has 4 rings (SSSR count). The van der Waals surface area contributed by atoms with Crippen molar-refractivity contribution in [2.24, 2.45) is 4.99 Å². The Morgan fingerprint density at radius 2 is 1.91 bits per heavy atom. The van der Waals surface area contributed by atoms with Crippen LogP contribution >= 0.6 is 11.8 Å². The second-order valence-electron chi connectivity index (χ2n) is 7.52. The van der Waals surface area contributed by atoms with E-state index < -0.39 is 5.97 Å². The fourth-order valence-electron chi connectivity index (χ4n) is 3.54. The maximum absolute atomic E-state index is 13.0. The molecule has 1 aliphatic heterocycles. The summed E-state index contributed by atoms with van der Waals surface area (Å²) in [5, 5.41) is 9.77. The molecule has 0 aliphatic carbocycles. The summed E-state index contributed by atoms with van der Waals surface area (Å²) in [5.74, 6) is 0.811. The number of hydrogen-bond acceptors (Lipinski definition) is 6. The zero-order valence-electron chi connectivity index (χ0n) is 19.1. The molecule has 1 amide bonds. The molecule has 34 heavy (non-hydrogen) atoms. The molecule has 7 nitrogen and oxygen atoms in total. The predicted octanol–water partition coefficient (Wildman–Crippen LogP) is 5.98. The average Bonchev–Trinajstić information content (AvgIpc) is 3.39. The normalized spacial score (nSPS) is 16.0. The summed E-state index contributed by atoms with van der Waals surface area (Å²) in [5.41, 5.74) is 2.55. The molecule has 0 spiro atoms. The van der Waals surface area contributed by atoms with Crippen LogP contribution < -0.4 is 4.74 Å². The van der Waals surface area contributed by atoms with Gasteiger partial charge in [0.05, 0.1) is 22.8 Å². The molecule has 2 heterocycles. The number of carbonyl (C=O) groups excluding carboxylic acids is 1. The first-order valence-electron chi connectivity index (χ1n) is 10.9. The standard InChI is InChI=1S/C26H24N2O5S/c1-4-28-24(29)23(34-26(28)27-18-7-9-19(10-8-18)32-5-2)15-20-11-13-22(33-20)21-12-6-17(25(30)31)14-16(21)3/h6-15H,4-5H2,1-3H3,(H,30,31)/b23-15-,27-26?. The second-order valence-corrected chi connectivity index (χ2v) is 8.53. The van der Waals surface area contributed by atoms with Crippen LogP contribution in [0.15, 0.2) is 68.9 Å². The molecule has 1 fully saturated rings. The van der Waals surface area contributed by atoms with E-state index in [-0.39, 0.29) is 11.5 Å². The van der Waals surface area contributed by atoms with Crippen molar-refractivity contribution in [1.82, 2.24) is 4.90 Å². The van der Waals surface area contributed by atoms with E-state index in [1.165, 1.54) is 11.8 Å². The molecule has 174 valence electrons. The van der Waals surface area contributed by atoms with E-state index in [0.29, 0.717) is 34.7 Å². The molecule has 8 heteroatoms. The largest absolute Gasteiger partial charge is 0.494 e. The number of aryl methyl sites for hydroxylation is 1. The van der Waals surface area contributed by atoms with Crippen molar-refractivity contribution < 1.29 is 23.8 Å². The Hall–Kier alpha value is -3.78. The highest BCUT2D eigenvalue weighted by molar-refractivity contribution is 8.18. The number of likely N-dealkylation sites (N-methyl/N-ethyl adjacent to an activating group) is 1. The number of furan rings is 1. The Balaban J connectivity index is 1.57. The monoisotopic (exact) mass is 476 g/mol. The molecule has 0 radical (unpaired) electrons. The minimum atomic E-state index is -0.973. The number of carboxylic acids is 1. The van der Waals surface area contributed by atoms with E-state index in [1.807, 2.05) is 51.1 Å². The van der Waals surface area contributed by atoms with E-state index in [1.54, 1.807) is 35.2 Å². The number of carboxylic acid groups (broad SMARTS) is 1. The van der Waals surface area contributed by atoms with Crippen LogP contribution in [0.4, 0.5) is 5.69 Å². The van der Waals surface area contributed by atoms with Crippen LogP contribution in [-0.4, -0.2) is 40.2 Å². The fourth-order valence-corrected chi connectivity index (χ4v) is 4.58. The number of ether oxygens (including phenoxy) is 1. The molecule has 3 aromatic rings. The molecule has 0 unspecified atom stereocenters. The number of thioether (sulfide) groups is 1. The van der Waals surface area contributed by atoms with E-state index in [2.05, 4.69) is 4.99 Å². The number of hydrogen-bond donors (Lipinski definition) is 1. The quantitative estimate of drug-likeness (QED) is 0.422. The first-order chi connectivity index (χ1) is 16.4. The maximum atomic E-state index is 13.0. The van der Waals surface area contributed by atoms with Crippen molar-refractivity contribution in [2.45, 2.75) is 20.8 Å². The summed E-state index contributed by atoms with van der Waals surface area (Å²) in [6.45, 7) is 6.76. The van der Waals surface area contributed by atoms with Crippen molar-refractivity contribution >= 4 is 40.6 Å². The zero-order valence-corrected chi connectivity index (χ0v) is 19.9. The van der Waals surface area contributed by atoms with Crippen LogP contribution in [0.3, 0.4) is 0 Å². The van der Waals surface area contributed by atoms with E-state index >= 15 is 0 Å². The number of amidine groups is 1. The number of aliphatic imine (C=N–C) groups is 1. The first-order valence-corrected chi connectivity index (χ1v) is 11.7. The lowest BCUT2D eigenvalue weighted by molar-refractivity contribution is -0.122. The highest BCUT2D eigenvalue weighted by atomic mass is 32.2. The van der Waals surface area contributed by atoms with Gasteiger partial charge in [0.25, 0.3) is 5.91 Å². The third-order valence-corrected chi connectivity index (χ3v) is 6.22. The number of aromatic carboxylic acids is 1. The number of carbonyl (C=O) groups is 2. The zero-order chi connectivity index (χ0) is 24.2. The maximum Gasteiger partial charge on any atom is 0.335 e. The Labute approximate surface area is 201 Å². The molecule has 1 N–H and O–H groups in total. The Morgan fingerprint density at radius 1 is 1.15 bits per heavy atom. The molecular formula is C26H24N2O5S. The number of benzene rings is 2. The lowest BCUT2D eigenvalue weighted by Gasteiger charge is -2.12. The highest BCUT2D eigenvalue weighted by Crippen LogP contribution is 2.35. The lowest BCUT2D eigenvalue weighted by atomic mass is 10.0. The lowest BCUT2D eigenvalue weighted by Crippen LogP contribution is -2.28. The molecule has 0 saturated carbocycles. The van der Waals surface area contributed by atoms with Gasteiger partial charge in [-0.15, -0.1) is 0 Å².